The highest BCUT2D eigenvalue weighted by atomic mass is 16.5. The van der Waals surface area contributed by atoms with Gasteiger partial charge in [-0.1, -0.05) is 6.07 Å². The van der Waals surface area contributed by atoms with Gasteiger partial charge in [-0.15, -0.1) is 0 Å². The second-order valence-electron chi connectivity index (χ2n) is 4.65. The van der Waals surface area contributed by atoms with Crippen LogP contribution in [-0.4, -0.2) is 36.9 Å². The summed E-state index contributed by atoms with van der Waals surface area (Å²) in [6, 6.07) is 7.95. The molecular formula is C15H16N2O3. The van der Waals surface area contributed by atoms with Crippen molar-refractivity contribution in [3.8, 4) is 6.07 Å². The van der Waals surface area contributed by atoms with Crippen LogP contribution in [0.15, 0.2) is 24.3 Å². The first-order valence-corrected chi connectivity index (χ1v) is 6.38. The van der Waals surface area contributed by atoms with Crippen molar-refractivity contribution in [2.24, 2.45) is 0 Å². The number of hydrogen-bond acceptors (Lipinski definition) is 4. The van der Waals surface area contributed by atoms with Gasteiger partial charge in [0.1, 0.15) is 0 Å². The maximum absolute atomic E-state index is 10.5. The predicted molar refractivity (Wildman–Crippen MR) is 75.4 cm³/mol. The van der Waals surface area contributed by atoms with Gasteiger partial charge in [-0.2, -0.15) is 5.26 Å². The maximum atomic E-state index is 10.5. The summed E-state index contributed by atoms with van der Waals surface area (Å²) in [5.41, 5.74) is 2.90. The molecule has 0 amide bonds. The first-order valence-electron chi connectivity index (χ1n) is 6.38. The number of benzene rings is 1. The lowest BCUT2D eigenvalue weighted by Crippen LogP contribution is -2.41. The number of carboxylic acid groups (broad SMARTS) is 1. The average molecular weight is 272 g/mol. The Morgan fingerprint density at radius 3 is 3.05 bits per heavy atom. The van der Waals surface area contributed by atoms with Gasteiger partial charge >= 0.3 is 5.97 Å². The third-order valence-electron chi connectivity index (χ3n) is 3.23. The van der Waals surface area contributed by atoms with Crippen LogP contribution in [0, 0.1) is 18.3 Å². The van der Waals surface area contributed by atoms with E-state index in [4.69, 9.17) is 15.1 Å². The van der Waals surface area contributed by atoms with Gasteiger partial charge in [0, 0.05) is 18.3 Å². The van der Waals surface area contributed by atoms with E-state index in [0.717, 1.165) is 29.4 Å². The Morgan fingerprint density at radius 1 is 1.60 bits per heavy atom. The summed E-state index contributed by atoms with van der Waals surface area (Å²) in [5.74, 6) is -0.960. The Kier molecular flexibility index (Phi) is 4.38. The molecule has 5 nitrogen and oxygen atoms in total. The molecule has 1 N–H and O–H groups in total. The van der Waals surface area contributed by atoms with E-state index in [9.17, 15) is 4.79 Å². The van der Waals surface area contributed by atoms with Crippen molar-refractivity contribution in [2.45, 2.75) is 13.0 Å². The van der Waals surface area contributed by atoms with Crippen molar-refractivity contribution in [1.29, 1.82) is 5.26 Å². The molecule has 5 heteroatoms. The second kappa shape index (κ2) is 6.22. The molecular weight excluding hydrogens is 256 g/mol. The van der Waals surface area contributed by atoms with Gasteiger partial charge < -0.3 is 14.7 Å². The van der Waals surface area contributed by atoms with Crippen molar-refractivity contribution in [1.82, 2.24) is 0 Å². The van der Waals surface area contributed by atoms with Crippen LogP contribution in [-0.2, 0) is 9.53 Å². The molecule has 1 unspecified atom stereocenters. The van der Waals surface area contributed by atoms with E-state index >= 15 is 0 Å². The number of hydrogen-bond donors (Lipinski definition) is 1. The molecule has 20 heavy (non-hydrogen) atoms. The molecule has 1 aromatic rings. The van der Waals surface area contributed by atoms with Crippen molar-refractivity contribution >= 4 is 17.7 Å². The molecule has 104 valence electrons. The lowest BCUT2D eigenvalue weighted by molar-refractivity contribution is -0.131. The molecule has 0 bridgehead atoms. The lowest BCUT2D eigenvalue weighted by Gasteiger charge is -2.31. The minimum absolute atomic E-state index is 0.393. The number of rotatable bonds is 3. The fourth-order valence-electron chi connectivity index (χ4n) is 2.17. The highest BCUT2D eigenvalue weighted by Crippen LogP contribution is 2.22. The highest BCUT2D eigenvalue weighted by Gasteiger charge is 2.20. The van der Waals surface area contributed by atoms with E-state index in [0.29, 0.717) is 13.2 Å². The number of morpholine rings is 1. The van der Waals surface area contributed by atoms with Crippen LogP contribution in [0.25, 0.3) is 6.08 Å². The van der Waals surface area contributed by atoms with Crippen LogP contribution in [0.1, 0.15) is 11.1 Å². The number of nitrogens with zero attached hydrogens (tertiary/aromatic N) is 2. The van der Waals surface area contributed by atoms with E-state index in [1.165, 1.54) is 0 Å². The van der Waals surface area contributed by atoms with Gasteiger partial charge in [-0.05, 0) is 36.3 Å². The number of aryl methyl sites for hydroxylation is 1. The Hall–Kier alpha value is -2.32. The third kappa shape index (κ3) is 3.37. The first kappa shape index (κ1) is 14.1. The topological polar surface area (TPSA) is 73.6 Å². The van der Waals surface area contributed by atoms with E-state index < -0.39 is 12.1 Å². The van der Waals surface area contributed by atoms with Crippen LogP contribution < -0.4 is 4.90 Å². The van der Waals surface area contributed by atoms with Crippen LogP contribution in [0.2, 0.25) is 0 Å². The van der Waals surface area contributed by atoms with Crippen LogP contribution in [0.5, 0.6) is 0 Å². The summed E-state index contributed by atoms with van der Waals surface area (Å²) in [5, 5.41) is 17.6. The highest BCUT2D eigenvalue weighted by molar-refractivity contribution is 5.85. The zero-order valence-electron chi connectivity index (χ0n) is 11.2. The standard InChI is InChI=1S/C15H16N2O3/c1-11-8-13(4-2-12(11)3-5-15(18)19)17-6-7-20-14(9-16)10-17/h2-5,8,14H,6-7,10H2,1H3,(H,18,19). The minimum Gasteiger partial charge on any atom is -0.478 e. The quantitative estimate of drug-likeness (QED) is 0.850. The van der Waals surface area contributed by atoms with E-state index in [1.807, 2.05) is 25.1 Å². The van der Waals surface area contributed by atoms with Crippen LogP contribution >= 0.6 is 0 Å². The summed E-state index contributed by atoms with van der Waals surface area (Å²) in [7, 11) is 0. The van der Waals surface area contributed by atoms with Crippen molar-refractivity contribution in [2.75, 3.05) is 24.6 Å². The Bertz CT molecular complexity index is 575. The second-order valence-corrected chi connectivity index (χ2v) is 4.65. The summed E-state index contributed by atoms with van der Waals surface area (Å²) in [6.45, 7) is 3.79. The van der Waals surface area contributed by atoms with E-state index in [-0.39, 0.29) is 0 Å². The molecule has 1 atom stereocenters. The fraction of sp³-hybridized carbons (Fsp3) is 0.333. The van der Waals surface area contributed by atoms with E-state index in [2.05, 4.69) is 11.0 Å². The lowest BCUT2D eigenvalue weighted by atomic mass is 10.1. The first-order chi connectivity index (χ1) is 9.60. The number of carbonyl (C=O) groups is 1. The molecule has 0 saturated carbocycles. The molecule has 0 radical (unpaired) electrons. The zero-order valence-corrected chi connectivity index (χ0v) is 11.2. The van der Waals surface area contributed by atoms with Gasteiger partial charge in [-0.25, -0.2) is 4.79 Å². The molecule has 1 aromatic carbocycles. The summed E-state index contributed by atoms with van der Waals surface area (Å²) >= 11 is 0. The molecule has 1 aliphatic heterocycles. The molecule has 0 aromatic heterocycles. The van der Waals surface area contributed by atoms with Gasteiger partial charge in [0.05, 0.1) is 19.2 Å². The molecule has 0 aliphatic carbocycles. The van der Waals surface area contributed by atoms with Crippen molar-refractivity contribution in [3.63, 3.8) is 0 Å². The average Bonchev–Trinajstić information content (AvgIpc) is 2.46. The van der Waals surface area contributed by atoms with Gasteiger partial charge in [0.2, 0.25) is 0 Å². The maximum Gasteiger partial charge on any atom is 0.328 e. The molecule has 2 rings (SSSR count). The van der Waals surface area contributed by atoms with Crippen molar-refractivity contribution < 1.29 is 14.6 Å². The minimum atomic E-state index is -0.960. The summed E-state index contributed by atoms with van der Waals surface area (Å²) in [6.07, 6.45) is 2.32. The fourth-order valence-corrected chi connectivity index (χ4v) is 2.17. The Morgan fingerprint density at radius 2 is 2.40 bits per heavy atom. The smallest absolute Gasteiger partial charge is 0.328 e. The zero-order chi connectivity index (χ0) is 14.5. The number of nitriles is 1. The largest absolute Gasteiger partial charge is 0.478 e. The molecule has 1 saturated heterocycles. The monoisotopic (exact) mass is 272 g/mol. The van der Waals surface area contributed by atoms with Gasteiger partial charge in [-0.3, -0.25) is 0 Å². The number of carboxylic acids is 1. The summed E-state index contributed by atoms with van der Waals surface area (Å²) < 4.78 is 5.32. The Balaban J connectivity index is 2.16. The van der Waals surface area contributed by atoms with Crippen LogP contribution in [0.3, 0.4) is 0 Å². The molecule has 1 heterocycles. The molecule has 1 aliphatic rings. The molecule has 0 spiro atoms. The number of aliphatic carboxylic acids is 1. The third-order valence-corrected chi connectivity index (χ3v) is 3.23. The van der Waals surface area contributed by atoms with Gasteiger partial charge in [0.15, 0.2) is 6.10 Å². The summed E-state index contributed by atoms with van der Waals surface area (Å²) in [4.78, 5) is 12.6. The van der Waals surface area contributed by atoms with E-state index in [1.54, 1.807) is 6.08 Å². The molecule has 1 fully saturated rings. The SMILES string of the molecule is Cc1cc(N2CCOC(C#N)C2)ccc1C=CC(=O)O. The Labute approximate surface area is 117 Å². The van der Waals surface area contributed by atoms with Gasteiger partial charge in [0.25, 0.3) is 0 Å². The predicted octanol–water partition coefficient (Wildman–Crippen LogP) is 1.82. The number of ether oxygens (including phenoxy) is 1. The van der Waals surface area contributed by atoms with Crippen LogP contribution in [0.4, 0.5) is 5.69 Å². The van der Waals surface area contributed by atoms with Crippen molar-refractivity contribution in [3.05, 3.63) is 35.4 Å². The normalized spacial score (nSPS) is 19.0. The number of anilines is 1.